The number of hydrogen-bond donors (Lipinski definition) is 1. The summed E-state index contributed by atoms with van der Waals surface area (Å²) in [5, 5.41) is 3.00. The van der Waals surface area contributed by atoms with Crippen molar-refractivity contribution in [2.24, 2.45) is 5.41 Å². The van der Waals surface area contributed by atoms with Crippen LogP contribution in [0.5, 0.6) is 0 Å². The molecule has 1 N–H and O–H groups in total. The predicted molar refractivity (Wildman–Crippen MR) is 128 cm³/mol. The molecule has 6 heteroatoms. The molecule has 168 valence electrons. The lowest BCUT2D eigenvalue weighted by atomic mass is 9.72. The Morgan fingerprint density at radius 3 is 2.48 bits per heavy atom. The summed E-state index contributed by atoms with van der Waals surface area (Å²) in [6.07, 6.45) is 8.01. The van der Waals surface area contributed by atoms with E-state index in [2.05, 4.69) is 52.2 Å². The lowest BCUT2D eigenvalue weighted by molar-refractivity contribution is -0.133. The third-order valence-corrected chi connectivity index (χ3v) is 6.26. The Kier molecular flexibility index (Phi) is 6.93. The summed E-state index contributed by atoms with van der Waals surface area (Å²) < 4.78 is 0. The summed E-state index contributed by atoms with van der Waals surface area (Å²) in [7, 11) is 0. The number of piperidine rings is 1. The number of carbonyl (C=O) groups is 2. The molecule has 0 aliphatic carbocycles. The largest absolute Gasteiger partial charge is 0.352 e. The van der Waals surface area contributed by atoms with E-state index in [9.17, 15) is 9.59 Å². The molecular formula is C27H28N4O2. The number of benzene rings is 2. The Bertz CT molecular complexity index is 1110. The fraction of sp³-hybridized carbons (Fsp3) is 0.259. The third-order valence-electron chi connectivity index (χ3n) is 6.26. The van der Waals surface area contributed by atoms with E-state index in [-0.39, 0.29) is 11.8 Å². The second-order valence-electron chi connectivity index (χ2n) is 8.41. The molecule has 3 aromatic rings. The van der Waals surface area contributed by atoms with Crippen LogP contribution in [-0.2, 0) is 11.2 Å². The Labute approximate surface area is 194 Å². The van der Waals surface area contributed by atoms with Gasteiger partial charge in [-0.05, 0) is 36.0 Å². The van der Waals surface area contributed by atoms with Gasteiger partial charge >= 0.3 is 0 Å². The Hall–Kier alpha value is -3.80. The summed E-state index contributed by atoms with van der Waals surface area (Å²) in [6.45, 7) is 5.13. The zero-order valence-electron chi connectivity index (χ0n) is 18.6. The molecule has 0 unspecified atom stereocenters. The summed E-state index contributed by atoms with van der Waals surface area (Å²) in [4.78, 5) is 36.0. The van der Waals surface area contributed by atoms with Crippen LogP contribution in [0.15, 0.2) is 85.8 Å². The van der Waals surface area contributed by atoms with Gasteiger partial charge < -0.3 is 10.2 Å². The van der Waals surface area contributed by atoms with Crippen molar-refractivity contribution in [1.82, 2.24) is 20.2 Å². The van der Waals surface area contributed by atoms with Crippen LogP contribution in [0, 0.1) is 5.41 Å². The molecule has 0 bridgehead atoms. The highest BCUT2D eigenvalue weighted by Crippen LogP contribution is 2.37. The second kappa shape index (κ2) is 10.2. The highest BCUT2D eigenvalue weighted by atomic mass is 16.2. The quantitative estimate of drug-likeness (QED) is 0.565. The standard InChI is InChI=1S/C27H28N4O2/c1-2-13-30-26(33)27(11-16-31(17-12-27)25(32)24-20-28-14-15-29-24)19-21-7-6-10-23(18-21)22-8-4-3-5-9-22/h2-10,14-15,18,20H,1,11-13,16-17,19H2,(H,30,33). The molecule has 2 heterocycles. The van der Waals surface area contributed by atoms with Crippen LogP contribution >= 0.6 is 0 Å². The van der Waals surface area contributed by atoms with E-state index in [0.717, 1.165) is 16.7 Å². The number of rotatable bonds is 7. The van der Waals surface area contributed by atoms with Crippen molar-refractivity contribution in [2.75, 3.05) is 19.6 Å². The van der Waals surface area contributed by atoms with Crippen molar-refractivity contribution in [3.8, 4) is 11.1 Å². The zero-order chi connectivity index (χ0) is 23.1. The maximum atomic E-state index is 13.3. The first kappa shape index (κ1) is 22.4. The number of hydrogen-bond acceptors (Lipinski definition) is 4. The van der Waals surface area contributed by atoms with Crippen LogP contribution in [0.2, 0.25) is 0 Å². The number of nitrogens with one attached hydrogen (secondary N) is 1. The SMILES string of the molecule is C=CCNC(=O)C1(Cc2cccc(-c3ccccc3)c2)CCN(C(=O)c2cnccn2)CC1. The van der Waals surface area contributed by atoms with Crippen molar-refractivity contribution >= 4 is 11.8 Å². The molecule has 6 nitrogen and oxygen atoms in total. The molecule has 1 aliphatic heterocycles. The van der Waals surface area contributed by atoms with Gasteiger partial charge in [-0.2, -0.15) is 0 Å². The molecule has 0 atom stereocenters. The molecule has 33 heavy (non-hydrogen) atoms. The zero-order valence-corrected chi connectivity index (χ0v) is 18.6. The first-order valence-corrected chi connectivity index (χ1v) is 11.2. The van der Waals surface area contributed by atoms with E-state index in [1.807, 2.05) is 24.3 Å². The highest BCUT2D eigenvalue weighted by molar-refractivity contribution is 5.92. The van der Waals surface area contributed by atoms with Crippen molar-refractivity contribution in [3.63, 3.8) is 0 Å². The van der Waals surface area contributed by atoms with E-state index in [1.165, 1.54) is 12.4 Å². The average Bonchev–Trinajstić information content (AvgIpc) is 2.88. The van der Waals surface area contributed by atoms with Gasteiger partial charge in [-0.1, -0.05) is 60.7 Å². The summed E-state index contributed by atoms with van der Waals surface area (Å²) in [5.74, 6) is -0.131. The topological polar surface area (TPSA) is 75.2 Å². The number of nitrogens with zero attached hydrogens (tertiary/aromatic N) is 3. The first-order valence-electron chi connectivity index (χ1n) is 11.2. The normalized spacial score (nSPS) is 15.0. The van der Waals surface area contributed by atoms with Crippen LogP contribution in [0.1, 0.15) is 28.9 Å². The third kappa shape index (κ3) is 5.17. The molecule has 1 saturated heterocycles. The van der Waals surface area contributed by atoms with Gasteiger partial charge in [-0.3, -0.25) is 14.6 Å². The van der Waals surface area contributed by atoms with E-state index in [0.29, 0.717) is 44.6 Å². The molecule has 1 aromatic heterocycles. The van der Waals surface area contributed by atoms with Gasteiger partial charge in [-0.25, -0.2) is 4.98 Å². The smallest absolute Gasteiger partial charge is 0.274 e. The summed E-state index contributed by atoms with van der Waals surface area (Å²) >= 11 is 0. The van der Waals surface area contributed by atoms with Crippen LogP contribution in [0.3, 0.4) is 0 Å². The Morgan fingerprint density at radius 2 is 1.79 bits per heavy atom. The lowest BCUT2D eigenvalue weighted by Gasteiger charge is -2.40. The van der Waals surface area contributed by atoms with Gasteiger partial charge in [0.1, 0.15) is 5.69 Å². The van der Waals surface area contributed by atoms with Crippen LogP contribution < -0.4 is 5.32 Å². The predicted octanol–water partition coefficient (Wildman–Crippen LogP) is 3.91. The monoisotopic (exact) mass is 440 g/mol. The van der Waals surface area contributed by atoms with E-state index in [4.69, 9.17) is 0 Å². The number of likely N-dealkylation sites (tertiary alicyclic amines) is 1. The van der Waals surface area contributed by atoms with E-state index in [1.54, 1.807) is 17.2 Å². The molecule has 2 aromatic carbocycles. The fourth-order valence-electron chi connectivity index (χ4n) is 4.43. The molecule has 1 aliphatic rings. The van der Waals surface area contributed by atoms with Crippen LogP contribution in [0.25, 0.3) is 11.1 Å². The number of carbonyl (C=O) groups excluding carboxylic acids is 2. The summed E-state index contributed by atoms with van der Waals surface area (Å²) in [6, 6.07) is 18.6. The maximum Gasteiger partial charge on any atom is 0.274 e. The first-order chi connectivity index (χ1) is 16.1. The van der Waals surface area contributed by atoms with Crippen LogP contribution in [-0.4, -0.2) is 46.3 Å². The van der Waals surface area contributed by atoms with Crippen molar-refractivity contribution < 1.29 is 9.59 Å². The second-order valence-corrected chi connectivity index (χ2v) is 8.41. The highest BCUT2D eigenvalue weighted by Gasteiger charge is 2.42. The minimum absolute atomic E-state index is 0.0131. The van der Waals surface area contributed by atoms with Crippen molar-refractivity contribution in [2.45, 2.75) is 19.3 Å². The van der Waals surface area contributed by atoms with E-state index >= 15 is 0 Å². The van der Waals surface area contributed by atoms with E-state index < -0.39 is 5.41 Å². The van der Waals surface area contributed by atoms with Crippen LogP contribution in [0.4, 0.5) is 0 Å². The van der Waals surface area contributed by atoms with Gasteiger partial charge in [-0.15, -0.1) is 6.58 Å². The van der Waals surface area contributed by atoms with Gasteiger partial charge in [0.2, 0.25) is 5.91 Å². The van der Waals surface area contributed by atoms with Crippen molar-refractivity contribution in [1.29, 1.82) is 0 Å². The Morgan fingerprint density at radius 1 is 1.03 bits per heavy atom. The minimum atomic E-state index is -0.586. The molecule has 1 fully saturated rings. The Balaban J connectivity index is 1.54. The lowest BCUT2D eigenvalue weighted by Crippen LogP contribution is -2.51. The maximum absolute atomic E-state index is 13.3. The average molecular weight is 441 g/mol. The minimum Gasteiger partial charge on any atom is -0.352 e. The van der Waals surface area contributed by atoms with Gasteiger partial charge in [0, 0.05) is 32.0 Å². The van der Waals surface area contributed by atoms with Crippen molar-refractivity contribution in [3.05, 3.63) is 97.1 Å². The molecule has 4 rings (SSSR count). The van der Waals surface area contributed by atoms with Gasteiger partial charge in [0.15, 0.2) is 0 Å². The molecular weight excluding hydrogens is 412 g/mol. The fourth-order valence-corrected chi connectivity index (χ4v) is 4.43. The molecule has 0 spiro atoms. The molecule has 0 radical (unpaired) electrons. The molecule has 0 saturated carbocycles. The number of aromatic nitrogens is 2. The van der Waals surface area contributed by atoms with Gasteiger partial charge in [0.25, 0.3) is 5.91 Å². The molecule has 2 amide bonds. The summed E-state index contributed by atoms with van der Waals surface area (Å²) in [5.41, 5.74) is 3.13. The number of amides is 2. The van der Waals surface area contributed by atoms with Gasteiger partial charge in [0.05, 0.1) is 11.6 Å².